The van der Waals surface area contributed by atoms with Crippen LogP contribution in [0.15, 0.2) is 24.4 Å². The Balaban J connectivity index is 1.49. The minimum absolute atomic E-state index is 0.0206. The van der Waals surface area contributed by atoms with Gasteiger partial charge in [0.1, 0.15) is 5.69 Å². The third kappa shape index (κ3) is 4.32. The van der Waals surface area contributed by atoms with Crippen LogP contribution in [0.5, 0.6) is 0 Å². The maximum atomic E-state index is 13.7. The molecule has 0 radical (unpaired) electrons. The predicted molar refractivity (Wildman–Crippen MR) is 124 cm³/mol. The van der Waals surface area contributed by atoms with E-state index in [-0.39, 0.29) is 30.6 Å². The van der Waals surface area contributed by atoms with Crippen molar-refractivity contribution in [2.75, 3.05) is 31.6 Å². The molecule has 0 aromatic carbocycles. The first-order valence-electron chi connectivity index (χ1n) is 11.5. The highest BCUT2D eigenvalue weighted by molar-refractivity contribution is 6.02. The molecule has 3 N–H and O–H groups in total. The van der Waals surface area contributed by atoms with E-state index in [0.29, 0.717) is 24.6 Å². The van der Waals surface area contributed by atoms with E-state index in [0.717, 1.165) is 30.8 Å². The van der Waals surface area contributed by atoms with E-state index in [9.17, 15) is 9.59 Å². The van der Waals surface area contributed by atoms with Gasteiger partial charge in [0.15, 0.2) is 5.82 Å². The monoisotopic (exact) mass is 455 g/mol. The Labute approximate surface area is 194 Å². The van der Waals surface area contributed by atoms with Crippen LogP contribution in [0.1, 0.15) is 55.9 Å². The molecule has 2 aromatic rings. The zero-order chi connectivity index (χ0) is 23.8. The molecule has 10 heteroatoms. The quantitative estimate of drug-likeness (QED) is 0.635. The van der Waals surface area contributed by atoms with Crippen LogP contribution in [0, 0.1) is 0 Å². The number of H-pyrrole nitrogens is 1. The zero-order valence-corrected chi connectivity index (χ0v) is 19.7. The Kier molecular flexibility index (Phi) is 6.40. The lowest BCUT2D eigenvalue weighted by Crippen LogP contribution is -2.61. The first kappa shape index (κ1) is 23.2. The minimum Gasteiger partial charge on any atom is -0.396 e. The lowest BCUT2D eigenvalue weighted by atomic mass is 10.0. The van der Waals surface area contributed by atoms with E-state index in [4.69, 9.17) is 5.11 Å². The number of aliphatic hydroxyl groups excluding tert-OH is 1. The summed E-state index contributed by atoms with van der Waals surface area (Å²) in [5.41, 5.74) is 1.36. The van der Waals surface area contributed by atoms with Crippen molar-refractivity contribution < 1.29 is 14.7 Å². The van der Waals surface area contributed by atoms with Crippen molar-refractivity contribution in [3.63, 3.8) is 0 Å². The van der Waals surface area contributed by atoms with E-state index in [1.54, 1.807) is 24.4 Å². The van der Waals surface area contributed by atoms with Gasteiger partial charge in [-0.15, -0.1) is 0 Å². The molecule has 4 heterocycles. The summed E-state index contributed by atoms with van der Waals surface area (Å²) in [6.07, 6.45) is 2.30. The number of urea groups is 1. The van der Waals surface area contributed by atoms with Crippen molar-refractivity contribution in [3.05, 3.63) is 41.3 Å². The Morgan fingerprint density at radius 2 is 2.03 bits per heavy atom. The number of nitrogens with zero attached hydrogens (tertiary/aromatic N) is 5. The van der Waals surface area contributed by atoms with E-state index in [1.165, 1.54) is 0 Å². The van der Waals surface area contributed by atoms with E-state index in [1.807, 2.05) is 23.6 Å². The average molecular weight is 456 g/mol. The molecule has 4 rings (SSSR count). The average Bonchev–Trinajstić information content (AvgIpc) is 3.32. The number of aliphatic hydroxyl groups is 1. The van der Waals surface area contributed by atoms with Gasteiger partial charge in [0.05, 0.1) is 17.8 Å². The van der Waals surface area contributed by atoms with Crippen LogP contribution in [0.2, 0.25) is 0 Å². The predicted octanol–water partition coefficient (Wildman–Crippen LogP) is 2.00. The molecule has 2 aliphatic heterocycles. The van der Waals surface area contributed by atoms with Crippen LogP contribution in [0.3, 0.4) is 0 Å². The molecule has 0 bridgehead atoms. The number of fused-ring (bicyclic) bond motifs is 1. The van der Waals surface area contributed by atoms with Gasteiger partial charge in [0.2, 0.25) is 0 Å². The molecule has 1 saturated heterocycles. The van der Waals surface area contributed by atoms with Crippen LogP contribution in [-0.2, 0) is 12.1 Å². The first-order chi connectivity index (χ1) is 15.7. The molecule has 1 fully saturated rings. The lowest BCUT2D eigenvalue weighted by molar-refractivity contribution is 0.0326. The standard InChI is InChI=1S/C23H33N7O3/c1-15-13-29(16(2)12-28(15)10-7-11-31)22(33)30-14-17-19(23(30,3)4)26-27-20(17)25-21(32)18-8-5-6-9-24-18/h5-6,8-9,15-16,31H,7,10-14H2,1-4H3,(H2,25,26,27,32)/t15-,16+/m1/s1. The Morgan fingerprint density at radius 1 is 1.24 bits per heavy atom. The van der Waals surface area contributed by atoms with Crippen molar-refractivity contribution in [3.8, 4) is 0 Å². The summed E-state index contributed by atoms with van der Waals surface area (Å²) < 4.78 is 0. The summed E-state index contributed by atoms with van der Waals surface area (Å²) in [5.74, 6) is 0.0909. The van der Waals surface area contributed by atoms with Gasteiger partial charge in [-0.2, -0.15) is 5.10 Å². The highest BCUT2D eigenvalue weighted by atomic mass is 16.3. The van der Waals surface area contributed by atoms with Gasteiger partial charge in [-0.1, -0.05) is 6.07 Å². The first-order valence-corrected chi connectivity index (χ1v) is 11.5. The van der Waals surface area contributed by atoms with E-state index in [2.05, 4.69) is 39.2 Å². The number of pyridine rings is 1. The number of amides is 3. The summed E-state index contributed by atoms with van der Waals surface area (Å²) in [7, 11) is 0. The SMILES string of the molecule is C[C@@H]1CN(C(=O)N2Cc3c(NC(=O)c4ccccn4)n[nH]c3C2(C)C)[C@@H](C)CN1CCCO. The van der Waals surface area contributed by atoms with E-state index < -0.39 is 5.54 Å². The van der Waals surface area contributed by atoms with Gasteiger partial charge in [0, 0.05) is 50.1 Å². The molecule has 0 unspecified atom stereocenters. The third-order valence-corrected chi connectivity index (χ3v) is 6.79. The highest BCUT2D eigenvalue weighted by Crippen LogP contribution is 2.41. The zero-order valence-electron chi connectivity index (χ0n) is 19.7. The molecule has 0 aliphatic carbocycles. The third-order valence-electron chi connectivity index (χ3n) is 6.79. The lowest BCUT2D eigenvalue weighted by Gasteiger charge is -2.46. The molecule has 2 aromatic heterocycles. The molecule has 0 saturated carbocycles. The summed E-state index contributed by atoms with van der Waals surface area (Å²) in [6.45, 7) is 10.9. The van der Waals surface area contributed by atoms with Crippen LogP contribution in [-0.4, -0.2) is 85.3 Å². The van der Waals surface area contributed by atoms with Crippen molar-refractivity contribution in [2.24, 2.45) is 0 Å². The molecule has 2 aliphatic rings. The van der Waals surface area contributed by atoms with Gasteiger partial charge < -0.3 is 20.2 Å². The van der Waals surface area contributed by atoms with Crippen molar-refractivity contribution in [1.29, 1.82) is 0 Å². The Bertz CT molecular complexity index is 1010. The topological polar surface area (TPSA) is 118 Å². The maximum Gasteiger partial charge on any atom is 0.321 e. The number of nitrogens with one attached hydrogen (secondary N) is 2. The van der Waals surface area contributed by atoms with Gasteiger partial charge in [-0.25, -0.2) is 4.79 Å². The molecule has 10 nitrogen and oxygen atoms in total. The number of hydrogen-bond donors (Lipinski definition) is 3. The summed E-state index contributed by atoms with van der Waals surface area (Å²) in [4.78, 5) is 36.5. The fourth-order valence-corrected chi connectivity index (χ4v) is 4.80. The minimum atomic E-state index is -0.593. The second-order valence-electron chi connectivity index (χ2n) is 9.45. The fraction of sp³-hybridized carbons (Fsp3) is 0.565. The van der Waals surface area contributed by atoms with Crippen molar-refractivity contribution >= 4 is 17.8 Å². The number of carbonyl (C=O) groups is 2. The molecule has 178 valence electrons. The smallest absolute Gasteiger partial charge is 0.321 e. The molecular formula is C23H33N7O3. The van der Waals surface area contributed by atoms with Crippen molar-refractivity contribution in [1.82, 2.24) is 29.9 Å². The Hall–Kier alpha value is -2.98. The van der Waals surface area contributed by atoms with Crippen molar-refractivity contribution in [2.45, 2.75) is 58.3 Å². The van der Waals surface area contributed by atoms with Gasteiger partial charge >= 0.3 is 6.03 Å². The van der Waals surface area contributed by atoms with Gasteiger partial charge in [0.25, 0.3) is 5.91 Å². The second-order valence-corrected chi connectivity index (χ2v) is 9.45. The van der Waals surface area contributed by atoms with Crippen LogP contribution >= 0.6 is 0 Å². The molecule has 3 amide bonds. The van der Waals surface area contributed by atoms with Crippen LogP contribution in [0.4, 0.5) is 10.6 Å². The highest BCUT2D eigenvalue weighted by Gasteiger charge is 2.46. The van der Waals surface area contributed by atoms with Gasteiger partial charge in [-0.05, 0) is 46.2 Å². The maximum absolute atomic E-state index is 13.7. The van der Waals surface area contributed by atoms with Gasteiger partial charge in [-0.3, -0.25) is 19.8 Å². The fourth-order valence-electron chi connectivity index (χ4n) is 4.80. The van der Waals surface area contributed by atoms with Crippen LogP contribution < -0.4 is 5.32 Å². The largest absolute Gasteiger partial charge is 0.396 e. The normalized spacial score (nSPS) is 22.3. The molecular weight excluding hydrogens is 422 g/mol. The summed E-state index contributed by atoms with van der Waals surface area (Å²) in [6, 6.07) is 5.41. The number of aromatic amines is 1. The number of aromatic nitrogens is 3. The number of anilines is 1. The summed E-state index contributed by atoms with van der Waals surface area (Å²) in [5, 5.41) is 19.3. The molecule has 0 spiro atoms. The number of hydrogen-bond acceptors (Lipinski definition) is 6. The molecule has 33 heavy (non-hydrogen) atoms. The van der Waals surface area contributed by atoms with Crippen LogP contribution in [0.25, 0.3) is 0 Å². The Morgan fingerprint density at radius 3 is 2.73 bits per heavy atom. The summed E-state index contributed by atoms with van der Waals surface area (Å²) >= 11 is 0. The second kappa shape index (κ2) is 9.11. The molecule has 2 atom stereocenters. The van der Waals surface area contributed by atoms with E-state index >= 15 is 0 Å². The number of rotatable bonds is 5. The number of carbonyl (C=O) groups excluding carboxylic acids is 2. The number of piperazine rings is 1.